The molecule has 1 aromatic carbocycles. The standard InChI is InChI=1S/C17H24N2O3/c1-22-15-9-7-13(8-10-15)16(20)5-2-6-17(21)19-12-14-4-3-11-18-14/h7-10,14,18H,2-6,11-12H2,1H3,(H,19,21). The number of hydrogen-bond acceptors (Lipinski definition) is 4. The third kappa shape index (κ3) is 5.15. The number of carbonyl (C=O) groups excluding carboxylic acids is 2. The summed E-state index contributed by atoms with van der Waals surface area (Å²) in [4.78, 5) is 23.7. The van der Waals surface area contributed by atoms with Crippen molar-refractivity contribution in [3.05, 3.63) is 29.8 Å². The van der Waals surface area contributed by atoms with Gasteiger partial charge in [0.2, 0.25) is 5.91 Å². The normalized spacial score (nSPS) is 17.2. The van der Waals surface area contributed by atoms with E-state index in [4.69, 9.17) is 4.74 Å². The zero-order valence-corrected chi connectivity index (χ0v) is 13.1. The van der Waals surface area contributed by atoms with Gasteiger partial charge < -0.3 is 15.4 Å². The average molecular weight is 304 g/mol. The van der Waals surface area contributed by atoms with Crippen molar-refractivity contribution in [1.82, 2.24) is 10.6 Å². The molecule has 120 valence electrons. The molecule has 1 heterocycles. The number of hydrogen-bond donors (Lipinski definition) is 2. The van der Waals surface area contributed by atoms with E-state index in [-0.39, 0.29) is 11.7 Å². The van der Waals surface area contributed by atoms with Crippen molar-refractivity contribution in [2.75, 3.05) is 20.2 Å². The summed E-state index contributed by atoms with van der Waals surface area (Å²) in [5, 5.41) is 6.26. The van der Waals surface area contributed by atoms with Crippen LogP contribution in [0.4, 0.5) is 0 Å². The summed E-state index contributed by atoms with van der Waals surface area (Å²) in [6.45, 7) is 1.72. The van der Waals surface area contributed by atoms with Gasteiger partial charge in [0.25, 0.3) is 0 Å². The predicted molar refractivity (Wildman–Crippen MR) is 85.2 cm³/mol. The first-order chi connectivity index (χ1) is 10.7. The number of benzene rings is 1. The first-order valence-electron chi connectivity index (χ1n) is 7.86. The number of carbonyl (C=O) groups is 2. The van der Waals surface area contributed by atoms with Crippen LogP contribution in [-0.4, -0.2) is 37.9 Å². The smallest absolute Gasteiger partial charge is 0.220 e. The van der Waals surface area contributed by atoms with Crippen LogP contribution in [0.2, 0.25) is 0 Å². The van der Waals surface area contributed by atoms with Gasteiger partial charge in [-0.25, -0.2) is 0 Å². The molecule has 0 aliphatic carbocycles. The number of Topliss-reactive ketones (excluding diaryl/α,β-unsaturated/α-hetero) is 1. The van der Waals surface area contributed by atoms with E-state index in [1.807, 2.05) is 0 Å². The lowest BCUT2D eigenvalue weighted by Crippen LogP contribution is -2.37. The molecule has 0 aromatic heterocycles. The van der Waals surface area contributed by atoms with Crippen LogP contribution in [0.15, 0.2) is 24.3 Å². The maximum Gasteiger partial charge on any atom is 0.220 e. The fourth-order valence-electron chi connectivity index (χ4n) is 2.59. The van der Waals surface area contributed by atoms with Gasteiger partial charge in [0.15, 0.2) is 5.78 Å². The van der Waals surface area contributed by atoms with Crippen LogP contribution >= 0.6 is 0 Å². The Morgan fingerprint density at radius 2 is 2.05 bits per heavy atom. The second-order valence-corrected chi connectivity index (χ2v) is 5.60. The number of methoxy groups -OCH3 is 1. The van der Waals surface area contributed by atoms with E-state index in [1.54, 1.807) is 31.4 Å². The van der Waals surface area contributed by atoms with E-state index < -0.39 is 0 Å². The highest BCUT2D eigenvalue weighted by Gasteiger charge is 2.14. The van der Waals surface area contributed by atoms with Crippen LogP contribution in [0, 0.1) is 0 Å². The van der Waals surface area contributed by atoms with Gasteiger partial charge in [0.1, 0.15) is 5.75 Å². The quantitative estimate of drug-likeness (QED) is 0.720. The van der Waals surface area contributed by atoms with Crippen molar-refractivity contribution in [2.45, 2.75) is 38.1 Å². The third-order valence-electron chi connectivity index (χ3n) is 3.93. The molecule has 2 N–H and O–H groups in total. The maximum atomic E-state index is 12.0. The van der Waals surface area contributed by atoms with Crippen LogP contribution in [0.1, 0.15) is 42.5 Å². The summed E-state index contributed by atoms with van der Waals surface area (Å²) in [6.07, 6.45) is 3.66. The van der Waals surface area contributed by atoms with Gasteiger partial charge in [0.05, 0.1) is 7.11 Å². The Morgan fingerprint density at radius 3 is 2.68 bits per heavy atom. The summed E-state index contributed by atoms with van der Waals surface area (Å²) in [5.41, 5.74) is 0.663. The molecule has 0 saturated carbocycles. The fraction of sp³-hybridized carbons (Fsp3) is 0.529. The van der Waals surface area contributed by atoms with E-state index in [1.165, 1.54) is 6.42 Å². The molecule has 0 radical (unpaired) electrons. The van der Waals surface area contributed by atoms with Crippen molar-refractivity contribution in [2.24, 2.45) is 0 Å². The minimum Gasteiger partial charge on any atom is -0.497 e. The summed E-state index contributed by atoms with van der Waals surface area (Å²) < 4.78 is 5.06. The summed E-state index contributed by atoms with van der Waals surface area (Å²) in [7, 11) is 1.59. The highest BCUT2D eigenvalue weighted by atomic mass is 16.5. The third-order valence-corrected chi connectivity index (χ3v) is 3.93. The molecule has 22 heavy (non-hydrogen) atoms. The van der Waals surface area contributed by atoms with E-state index in [0.29, 0.717) is 37.4 Å². The number of rotatable bonds is 8. The Morgan fingerprint density at radius 1 is 1.27 bits per heavy atom. The summed E-state index contributed by atoms with van der Waals surface area (Å²) in [5.74, 6) is 0.820. The molecule has 0 bridgehead atoms. The van der Waals surface area contributed by atoms with Crippen LogP contribution in [-0.2, 0) is 4.79 Å². The van der Waals surface area contributed by atoms with Crippen LogP contribution in [0.5, 0.6) is 5.75 Å². The first-order valence-corrected chi connectivity index (χ1v) is 7.86. The largest absolute Gasteiger partial charge is 0.497 e. The van der Waals surface area contributed by atoms with Crippen LogP contribution in [0.25, 0.3) is 0 Å². The molecule has 1 fully saturated rings. The molecule has 1 aromatic rings. The van der Waals surface area contributed by atoms with Gasteiger partial charge in [-0.2, -0.15) is 0 Å². The molecule has 1 saturated heterocycles. The fourth-order valence-corrected chi connectivity index (χ4v) is 2.59. The minimum atomic E-state index is 0.0243. The Kier molecular flexibility index (Phi) is 6.40. The zero-order valence-electron chi connectivity index (χ0n) is 13.1. The number of ether oxygens (including phenoxy) is 1. The molecule has 1 amide bonds. The highest BCUT2D eigenvalue weighted by Crippen LogP contribution is 2.13. The lowest BCUT2D eigenvalue weighted by molar-refractivity contribution is -0.121. The molecule has 1 atom stereocenters. The SMILES string of the molecule is COc1ccc(C(=O)CCCC(=O)NCC2CCCN2)cc1. The number of amides is 1. The van der Waals surface area contributed by atoms with Gasteiger partial charge in [-0.1, -0.05) is 0 Å². The predicted octanol–water partition coefficient (Wildman–Crippen LogP) is 1.92. The first kappa shape index (κ1) is 16.5. The van der Waals surface area contributed by atoms with E-state index in [0.717, 1.165) is 18.7 Å². The van der Waals surface area contributed by atoms with Crippen LogP contribution < -0.4 is 15.4 Å². The second-order valence-electron chi connectivity index (χ2n) is 5.60. The molecular weight excluding hydrogens is 280 g/mol. The second kappa shape index (κ2) is 8.54. The van der Waals surface area contributed by atoms with Gasteiger partial charge in [-0.3, -0.25) is 9.59 Å². The van der Waals surface area contributed by atoms with Crippen LogP contribution in [0.3, 0.4) is 0 Å². The van der Waals surface area contributed by atoms with Gasteiger partial charge in [0, 0.05) is 31.0 Å². The summed E-state index contributed by atoms with van der Waals surface area (Å²) >= 11 is 0. The Bertz CT molecular complexity index is 493. The van der Waals surface area contributed by atoms with Crippen molar-refractivity contribution in [3.63, 3.8) is 0 Å². The average Bonchev–Trinajstić information content (AvgIpc) is 3.06. The van der Waals surface area contributed by atoms with E-state index >= 15 is 0 Å². The number of nitrogens with one attached hydrogen (secondary N) is 2. The lowest BCUT2D eigenvalue weighted by Gasteiger charge is -2.11. The Balaban J connectivity index is 1.64. The molecule has 1 aliphatic heterocycles. The van der Waals surface area contributed by atoms with E-state index in [9.17, 15) is 9.59 Å². The molecule has 1 aliphatic rings. The zero-order chi connectivity index (χ0) is 15.8. The molecular formula is C17H24N2O3. The number of ketones is 1. The monoisotopic (exact) mass is 304 g/mol. The summed E-state index contributed by atoms with van der Waals surface area (Å²) in [6, 6.07) is 7.47. The van der Waals surface area contributed by atoms with Crippen molar-refractivity contribution in [3.8, 4) is 5.75 Å². The molecule has 0 spiro atoms. The van der Waals surface area contributed by atoms with Gasteiger partial charge in [-0.15, -0.1) is 0 Å². The minimum absolute atomic E-state index is 0.0243. The molecule has 5 nitrogen and oxygen atoms in total. The molecule has 5 heteroatoms. The van der Waals surface area contributed by atoms with Gasteiger partial charge in [-0.05, 0) is 50.1 Å². The lowest BCUT2D eigenvalue weighted by atomic mass is 10.1. The van der Waals surface area contributed by atoms with Crippen molar-refractivity contribution < 1.29 is 14.3 Å². The highest BCUT2D eigenvalue weighted by molar-refractivity contribution is 5.96. The van der Waals surface area contributed by atoms with E-state index in [2.05, 4.69) is 10.6 Å². The Hall–Kier alpha value is -1.88. The molecule has 2 rings (SSSR count). The maximum absolute atomic E-state index is 12.0. The van der Waals surface area contributed by atoms with Crippen molar-refractivity contribution in [1.29, 1.82) is 0 Å². The Labute approximate surface area is 131 Å². The van der Waals surface area contributed by atoms with Gasteiger partial charge >= 0.3 is 0 Å². The topological polar surface area (TPSA) is 67.4 Å². The van der Waals surface area contributed by atoms with Crippen molar-refractivity contribution >= 4 is 11.7 Å². The molecule has 1 unspecified atom stereocenters.